The number of hydrogen-bond donors (Lipinski definition) is 3. The number of aliphatic hydroxyl groups is 3. The molecule has 0 radical (unpaired) electrons. The molecule has 12 heavy (non-hydrogen) atoms. The smallest absolute Gasteiger partial charge is 0.0716 e. The van der Waals surface area contributed by atoms with E-state index in [0.29, 0.717) is 6.61 Å². The Hall–Kier alpha value is 0.134. The van der Waals surface area contributed by atoms with E-state index in [0.717, 1.165) is 21.3 Å². The fourth-order valence-electron chi connectivity index (χ4n) is 0.0833. The molecule has 0 unspecified atom stereocenters. The molecule has 0 rings (SSSR count). The molecule has 0 amide bonds. The van der Waals surface area contributed by atoms with Crippen LogP contribution in [-0.2, 0) is 26.5 Å². The predicted octanol–water partition coefficient (Wildman–Crippen LogP) is -0.196. The van der Waals surface area contributed by atoms with Gasteiger partial charge in [0.15, 0.2) is 0 Å². The standard InChI is InChI=1S/C4H7O.3CH4O.Ti/c1-3-5-4-2;3*1-2;/h3H,1-2,4H2;3*2H,1H3;/q-1;;;;. The van der Waals surface area contributed by atoms with Gasteiger partial charge in [0.25, 0.3) is 0 Å². The fraction of sp³-hybridized carbons (Fsp3) is 0.571. The SMILES string of the molecule is C=COC[CH2-].CO.CO.CO.[Ti]. The van der Waals surface area contributed by atoms with Crippen LogP contribution >= 0.6 is 0 Å². The first kappa shape index (κ1) is 29.6. The minimum absolute atomic E-state index is 0. The van der Waals surface area contributed by atoms with Gasteiger partial charge < -0.3 is 27.0 Å². The summed E-state index contributed by atoms with van der Waals surface area (Å²) in [6.07, 6.45) is 1.37. The van der Waals surface area contributed by atoms with E-state index >= 15 is 0 Å². The summed E-state index contributed by atoms with van der Waals surface area (Å²) in [6.45, 7) is 7.15. The van der Waals surface area contributed by atoms with Crippen LogP contribution < -0.4 is 0 Å². The van der Waals surface area contributed by atoms with Crippen LogP contribution in [0, 0.1) is 6.92 Å². The van der Waals surface area contributed by atoms with Crippen molar-refractivity contribution >= 4 is 0 Å². The van der Waals surface area contributed by atoms with Gasteiger partial charge >= 0.3 is 0 Å². The van der Waals surface area contributed by atoms with Gasteiger partial charge in [-0.05, 0) is 6.61 Å². The molecule has 0 aliphatic rings. The average Bonchev–Trinajstić information content (AvgIpc) is 2.16. The predicted molar refractivity (Wildman–Crippen MR) is 45.9 cm³/mol. The number of rotatable bonds is 2. The summed E-state index contributed by atoms with van der Waals surface area (Å²) in [5.74, 6) is 0. The van der Waals surface area contributed by atoms with E-state index in [4.69, 9.17) is 15.3 Å². The molecule has 0 spiro atoms. The minimum atomic E-state index is 0. The molecule has 0 aromatic carbocycles. The summed E-state index contributed by atoms with van der Waals surface area (Å²) in [5.41, 5.74) is 0. The second kappa shape index (κ2) is 116. The van der Waals surface area contributed by atoms with Crippen molar-refractivity contribution in [3.05, 3.63) is 19.8 Å². The van der Waals surface area contributed by atoms with Crippen molar-refractivity contribution in [1.29, 1.82) is 0 Å². The molecular weight excluding hydrogens is 196 g/mol. The van der Waals surface area contributed by atoms with Gasteiger partial charge in [-0.25, -0.2) is 0 Å². The van der Waals surface area contributed by atoms with Crippen LogP contribution in [0.15, 0.2) is 12.8 Å². The monoisotopic (exact) mass is 215 g/mol. The van der Waals surface area contributed by atoms with Gasteiger partial charge in [0.1, 0.15) is 0 Å². The van der Waals surface area contributed by atoms with Gasteiger partial charge in [-0.2, -0.15) is 0 Å². The van der Waals surface area contributed by atoms with E-state index in [1.807, 2.05) is 0 Å². The topological polar surface area (TPSA) is 69.9 Å². The van der Waals surface area contributed by atoms with E-state index < -0.39 is 0 Å². The second-order valence-electron chi connectivity index (χ2n) is 0.537. The molecule has 0 aliphatic heterocycles. The Kier molecular flexibility index (Phi) is 287. The van der Waals surface area contributed by atoms with Crippen LogP contribution in [0.2, 0.25) is 0 Å². The normalized spacial score (nSPS) is 4.25. The summed E-state index contributed by atoms with van der Waals surface area (Å²) in [7, 11) is 3.00. The Morgan fingerprint density at radius 1 is 1.17 bits per heavy atom. The van der Waals surface area contributed by atoms with Gasteiger partial charge in [-0.15, -0.1) is 0 Å². The largest absolute Gasteiger partial charge is 0.534 e. The second-order valence-corrected chi connectivity index (χ2v) is 0.537. The summed E-state index contributed by atoms with van der Waals surface area (Å²) in [5, 5.41) is 21.0. The number of ether oxygens (including phenoxy) is 1. The maximum Gasteiger partial charge on any atom is 0.0716 e. The maximum atomic E-state index is 7.00. The molecule has 3 N–H and O–H groups in total. The summed E-state index contributed by atoms with van der Waals surface area (Å²) in [4.78, 5) is 0. The molecule has 0 heterocycles. The molecule has 4 nitrogen and oxygen atoms in total. The maximum absolute atomic E-state index is 7.00. The van der Waals surface area contributed by atoms with Crippen LogP contribution in [-0.4, -0.2) is 43.3 Å². The summed E-state index contributed by atoms with van der Waals surface area (Å²) in [6, 6.07) is 0. The van der Waals surface area contributed by atoms with E-state index in [9.17, 15) is 0 Å². The van der Waals surface area contributed by atoms with Crippen molar-refractivity contribution in [2.24, 2.45) is 0 Å². The zero-order chi connectivity index (χ0) is 10.1. The van der Waals surface area contributed by atoms with E-state index in [2.05, 4.69) is 18.2 Å². The van der Waals surface area contributed by atoms with Crippen LogP contribution in [0.1, 0.15) is 0 Å². The molecule has 0 aromatic rings. The van der Waals surface area contributed by atoms with E-state index in [1.165, 1.54) is 6.26 Å². The number of hydrogen-bond acceptors (Lipinski definition) is 4. The molecule has 0 aromatic heterocycles. The molecule has 0 aliphatic carbocycles. The van der Waals surface area contributed by atoms with Crippen molar-refractivity contribution in [3.8, 4) is 0 Å². The third kappa shape index (κ3) is 186. The van der Waals surface area contributed by atoms with Crippen LogP contribution in [0.3, 0.4) is 0 Å². The Morgan fingerprint density at radius 2 is 1.42 bits per heavy atom. The zero-order valence-corrected chi connectivity index (χ0v) is 9.51. The van der Waals surface area contributed by atoms with Crippen molar-refractivity contribution in [3.63, 3.8) is 0 Å². The van der Waals surface area contributed by atoms with Crippen molar-refractivity contribution < 1.29 is 41.8 Å². The number of aliphatic hydroxyl groups excluding tert-OH is 3. The Balaban J connectivity index is -0.0000000203. The van der Waals surface area contributed by atoms with Crippen LogP contribution in [0.25, 0.3) is 0 Å². The molecule has 0 saturated heterocycles. The molecule has 76 valence electrons. The third-order valence-electron chi connectivity index (χ3n) is 0.236. The van der Waals surface area contributed by atoms with Crippen molar-refractivity contribution in [1.82, 2.24) is 0 Å². The van der Waals surface area contributed by atoms with Gasteiger partial charge in [-0.3, -0.25) is 0 Å². The minimum Gasteiger partial charge on any atom is -0.534 e. The molecule has 0 fully saturated rings. The van der Waals surface area contributed by atoms with Crippen molar-refractivity contribution in [2.75, 3.05) is 27.9 Å². The molecule has 0 saturated carbocycles. The molecule has 0 atom stereocenters. The zero-order valence-electron chi connectivity index (χ0n) is 7.95. The van der Waals surface area contributed by atoms with Gasteiger partial charge in [0.05, 0.1) is 6.26 Å². The molecular formula is C7H19O4Ti-. The first-order valence-corrected chi connectivity index (χ1v) is 2.77. The molecule has 5 heteroatoms. The van der Waals surface area contributed by atoms with Gasteiger partial charge in [0.2, 0.25) is 0 Å². The first-order valence-electron chi connectivity index (χ1n) is 2.77. The van der Waals surface area contributed by atoms with Gasteiger partial charge in [0, 0.05) is 43.0 Å². The van der Waals surface area contributed by atoms with Crippen LogP contribution in [0.4, 0.5) is 0 Å². The van der Waals surface area contributed by atoms with E-state index in [-0.39, 0.29) is 21.7 Å². The average molecular weight is 215 g/mol. The van der Waals surface area contributed by atoms with E-state index in [1.54, 1.807) is 0 Å². The van der Waals surface area contributed by atoms with Gasteiger partial charge in [-0.1, -0.05) is 6.58 Å². The first-order chi connectivity index (χ1) is 5.41. The van der Waals surface area contributed by atoms with Crippen molar-refractivity contribution in [2.45, 2.75) is 0 Å². The molecule has 0 bridgehead atoms. The Morgan fingerprint density at radius 3 is 1.42 bits per heavy atom. The third-order valence-corrected chi connectivity index (χ3v) is 0.236. The fourth-order valence-corrected chi connectivity index (χ4v) is 0.0833. The Bertz CT molecular complexity index is 36.6. The Labute approximate surface area is 89.8 Å². The quantitative estimate of drug-likeness (QED) is 0.339. The summed E-state index contributed by atoms with van der Waals surface area (Å²) >= 11 is 0. The van der Waals surface area contributed by atoms with Crippen LogP contribution in [0.5, 0.6) is 0 Å². The summed E-state index contributed by atoms with van der Waals surface area (Å²) < 4.78 is 4.49.